The highest BCUT2D eigenvalue weighted by molar-refractivity contribution is 7.10. The first-order chi connectivity index (χ1) is 9.85. The van der Waals surface area contributed by atoms with Gasteiger partial charge in [0.05, 0.1) is 12.6 Å². The number of thiophene rings is 1. The number of benzene rings is 1. The van der Waals surface area contributed by atoms with Crippen LogP contribution < -0.4 is 10.1 Å². The molecule has 106 valence electrons. The quantitative estimate of drug-likeness (QED) is 0.899. The maximum Gasteiger partial charge on any atom is 0.127 e. The summed E-state index contributed by atoms with van der Waals surface area (Å²) in [7, 11) is 0. The lowest BCUT2D eigenvalue weighted by atomic mass is 9.98. The van der Waals surface area contributed by atoms with E-state index in [0.29, 0.717) is 0 Å². The fourth-order valence-electron chi connectivity index (χ4n) is 2.91. The van der Waals surface area contributed by atoms with Crippen molar-refractivity contribution in [2.24, 2.45) is 0 Å². The maximum atomic E-state index is 5.89. The number of rotatable bonds is 5. The van der Waals surface area contributed by atoms with Crippen LogP contribution in [0.15, 0.2) is 29.6 Å². The SMILES string of the molecule is CCNC(c1cccc2c1OCC2)c1sccc1CC. The molecule has 0 spiro atoms. The van der Waals surface area contributed by atoms with Crippen LogP contribution in [-0.2, 0) is 12.8 Å². The van der Waals surface area contributed by atoms with E-state index < -0.39 is 0 Å². The fourth-order valence-corrected chi connectivity index (χ4v) is 4.00. The van der Waals surface area contributed by atoms with Crippen LogP contribution in [0, 0.1) is 0 Å². The van der Waals surface area contributed by atoms with Crippen molar-refractivity contribution in [3.8, 4) is 5.75 Å². The summed E-state index contributed by atoms with van der Waals surface area (Å²) in [4.78, 5) is 1.43. The minimum absolute atomic E-state index is 0.253. The van der Waals surface area contributed by atoms with Gasteiger partial charge in [-0.2, -0.15) is 0 Å². The van der Waals surface area contributed by atoms with Crippen LogP contribution in [0.1, 0.15) is 41.5 Å². The molecule has 0 amide bonds. The molecule has 20 heavy (non-hydrogen) atoms. The van der Waals surface area contributed by atoms with E-state index in [-0.39, 0.29) is 6.04 Å². The van der Waals surface area contributed by atoms with Crippen LogP contribution in [0.25, 0.3) is 0 Å². The van der Waals surface area contributed by atoms with Gasteiger partial charge in [-0.05, 0) is 35.5 Å². The second-order valence-electron chi connectivity index (χ2n) is 5.09. The molecular weight excluding hydrogens is 266 g/mol. The Morgan fingerprint density at radius 2 is 2.20 bits per heavy atom. The summed E-state index contributed by atoms with van der Waals surface area (Å²) < 4.78 is 5.89. The van der Waals surface area contributed by atoms with Crippen LogP contribution >= 0.6 is 11.3 Å². The minimum atomic E-state index is 0.253. The smallest absolute Gasteiger partial charge is 0.127 e. The van der Waals surface area contributed by atoms with Crippen molar-refractivity contribution in [1.82, 2.24) is 5.32 Å². The molecule has 1 aliphatic rings. The third kappa shape index (κ3) is 2.36. The topological polar surface area (TPSA) is 21.3 Å². The first-order valence-corrected chi connectivity index (χ1v) is 8.27. The molecule has 1 N–H and O–H groups in total. The normalized spacial score (nSPS) is 14.9. The highest BCUT2D eigenvalue weighted by atomic mass is 32.1. The van der Waals surface area contributed by atoms with Gasteiger partial charge < -0.3 is 10.1 Å². The fraction of sp³-hybridized carbons (Fsp3) is 0.412. The van der Waals surface area contributed by atoms with Crippen molar-refractivity contribution in [3.05, 3.63) is 51.2 Å². The van der Waals surface area contributed by atoms with Crippen LogP contribution in [0.2, 0.25) is 0 Å². The molecule has 2 aromatic rings. The summed E-state index contributed by atoms with van der Waals surface area (Å²) in [5.41, 5.74) is 4.08. The van der Waals surface area contributed by atoms with Crippen molar-refractivity contribution in [2.75, 3.05) is 13.2 Å². The van der Waals surface area contributed by atoms with Gasteiger partial charge in [0.2, 0.25) is 0 Å². The molecule has 2 heterocycles. The van der Waals surface area contributed by atoms with Gasteiger partial charge >= 0.3 is 0 Å². The number of ether oxygens (including phenoxy) is 1. The maximum absolute atomic E-state index is 5.89. The van der Waals surface area contributed by atoms with Gasteiger partial charge in [-0.3, -0.25) is 0 Å². The zero-order valence-electron chi connectivity index (χ0n) is 12.1. The summed E-state index contributed by atoms with van der Waals surface area (Å²) in [6.07, 6.45) is 2.11. The average Bonchev–Trinajstić information content (AvgIpc) is 3.12. The Morgan fingerprint density at radius 3 is 3.00 bits per heavy atom. The van der Waals surface area contributed by atoms with Crippen molar-refractivity contribution >= 4 is 11.3 Å². The summed E-state index contributed by atoms with van der Waals surface area (Å²) in [6.45, 7) is 6.16. The van der Waals surface area contributed by atoms with E-state index in [2.05, 4.69) is 48.8 Å². The van der Waals surface area contributed by atoms with Crippen molar-refractivity contribution in [1.29, 1.82) is 0 Å². The van der Waals surface area contributed by atoms with Crippen LogP contribution in [0.5, 0.6) is 5.75 Å². The Labute approximate surface area is 124 Å². The molecule has 0 fully saturated rings. The first kappa shape index (κ1) is 13.7. The number of fused-ring (bicyclic) bond motifs is 1. The van der Waals surface area contributed by atoms with Gasteiger partial charge in [0, 0.05) is 16.9 Å². The number of nitrogens with one attached hydrogen (secondary N) is 1. The predicted octanol–water partition coefficient (Wildman–Crippen LogP) is 3.94. The van der Waals surface area contributed by atoms with Crippen LogP contribution in [0.3, 0.4) is 0 Å². The molecule has 3 rings (SSSR count). The van der Waals surface area contributed by atoms with Crippen molar-refractivity contribution < 1.29 is 4.74 Å². The molecule has 3 heteroatoms. The van der Waals surface area contributed by atoms with Gasteiger partial charge in [-0.15, -0.1) is 11.3 Å². The van der Waals surface area contributed by atoms with Gasteiger partial charge in [0.15, 0.2) is 0 Å². The van der Waals surface area contributed by atoms with E-state index in [1.165, 1.54) is 21.6 Å². The molecule has 1 aromatic heterocycles. The standard InChI is InChI=1S/C17H21NOS/c1-3-12-9-11-20-17(12)15(18-4-2)14-7-5-6-13-8-10-19-16(13)14/h5-7,9,11,15,18H,3-4,8,10H2,1-2H3. The highest BCUT2D eigenvalue weighted by Gasteiger charge is 2.24. The second-order valence-corrected chi connectivity index (χ2v) is 6.04. The van der Waals surface area contributed by atoms with Gasteiger partial charge in [0.1, 0.15) is 5.75 Å². The lowest BCUT2D eigenvalue weighted by Gasteiger charge is -2.21. The molecular formula is C17H21NOS. The van der Waals surface area contributed by atoms with E-state index >= 15 is 0 Å². The van der Waals surface area contributed by atoms with E-state index in [1.807, 2.05) is 11.3 Å². The molecule has 0 bridgehead atoms. The lowest BCUT2D eigenvalue weighted by molar-refractivity contribution is 0.350. The number of hydrogen-bond donors (Lipinski definition) is 1. The van der Waals surface area contributed by atoms with Gasteiger partial charge in [-0.1, -0.05) is 32.0 Å². The Morgan fingerprint density at radius 1 is 1.30 bits per heavy atom. The lowest BCUT2D eigenvalue weighted by Crippen LogP contribution is -2.22. The monoisotopic (exact) mass is 287 g/mol. The molecule has 0 radical (unpaired) electrons. The molecule has 2 nitrogen and oxygen atoms in total. The highest BCUT2D eigenvalue weighted by Crippen LogP contribution is 2.38. The number of hydrogen-bond acceptors (Lipinski definition) is 3. The third-order valence-electron chi connectivity index (χ3n) is 3.89. The third-order valence-corrected chi connectivity index (χ3v) is 4.91. The molecule has 1 unspecified atom stereocenters. The van der Waals surface area contributed by atoms with Crippen LogP contribution in [0.4, 0.5) is 0 Å². The van der Waals surface area contributed by atoms with E-state index in [9.17, 15) is 0 Å². The van der Waals surface area contributed by atoms with E-state index in [4.69, 9.17) is 4.74 Å². The summed E-state index contributed by atoms with van der Waals surface area (Å²) in [6, 6.07) is 9.05. The first-order valence-electron chi connectivity index (χ1n) is 7.39. The second kappa shape index (κ2) is 5.98. The predicted molar refractivity (Wildman–Crippen MR) is 84.9 cm³/mol. The van der Waals surface area contributed by atoms with Gasteiger partial charge in [-0.25, -0.2) is 0 Å². The molecule has 1 aliphatic heterocycles. The van der Waals surface area contributed by atoms with Crippen molar-refractivity contribution in [2.45, 2.75) is 32.7 Å². The van der Waals surface area contributed by atoms with Crippen molar-refractivity contribution in [3.63, 3.8) is 0 Å². The Hall–Kier alpha value is -1.32. The molecule has 0 saturated heterocycles. The van der Waals surface area contributed by atoms with E-state index in [0.717, 1.165) is 31.7 Å². The molecule has 1 aromatic carbocycles. The molecule has 1 atom stereocenters. The van der Waals surface area contributed by atoms with Gasteiger partial charge in [0.25, 0.3) is 0 Å². The molecule has 0 aliphatic carbocycles. The largest absolute Gasteiger partial charge is 0.493 e. The van der Waals surface area contributed by atoms with Crippen LogP contribution in [-0.4, -0.2) is 13.2 Å². The number of para-hydroxylation sites is 1. The summed E-state index contributed by atoms with van der Waals surface area (Å²) >= 11 is 1.84. The molecule has 0 saturated carbocycles. The zero-order chi connectivity index (χ0) is 13.9. The number of aryl methyl sites for hydroxylation is 1. The Balaban J connectivity index is 2.06. The summed E-state index contributed by atoms with van der Waals surface area (Å²) in [5.74, 6) is 1.11. The Kier molecular flexibility index (Phi) is 4.08. The summed E-state index contributed by atoms with van der Waals surface area (Å²) in [5, 5.41) is 5.83. The minimum Gasteiger partial charge on any atom is -0.493 e. The Bertz CT molecular complexity index is 590. The average molecular weight is 287 g/mol. The van der Waals surface area contributed by atoms with E-state index in [1.54, 1.807) is 0 Å². The zero-order valence-corrected chi connectivity index (χ0v) is 12.9.